The van der Waals surface area contributed by atoms with Crippen molar-refractivity contribution in [2.45, 2.75) is 30.0 Å². The molecule has 1 aliphatic heterocycles. The van der Waals surface area contributed by atoms with Crippen LogP contribution in [0.3, 0.4) is 0 Å². The monoisotopic (exact) mass is 571 g/mol. The third kappa shape index (κ3) is 4.46. The zero-order chi connectivity index (χ0) is 28.0. The molecule has 8 nitrogen and oxygen atoms in total. The van der Waals surface area contributed by atoms with E-state index < -0.39 is 29.3 Å². The molecule has 0 saturated carbocycles. The number of aryl methyl sites for hydroxylation is 2. The number of carbonyl (C=O) groups excluding carboxylic acids is 2. The summed E-state index contributed by atoms with van der Waals surface area (Å²) in [5.74, 6) is -1.96. The molecule has 4 heterocycles. The number of hydrogen-bond acceptors (Lipinski definition) is 8. The molecule has 1 unspecified atom stereocenters. The highest BCUT2D eigenvalue weighted by Crippen LogP contribution is 2.44. The smallest absolute Gasteiger partial charge is 0.301 e. The first-order valence-corrected chi connectivity index (χ1v) is 14.1. The van der Waals surface area contributed by atoms with Gasteiger partial charge in [0.1, 0.15) is 17.2 Å². The van der Waals surface area contributed by atoms with Gasteiger partial charge in [-0.3, -0.25) is 14.5 Å². The van der Waals surface area contributed by atoms with Gasteiger partial charge in [0.2, 0.25) is 5.13 Å². The lowest BCUT2D eigenvalue weighted by molar-refractivity contribution is -0.132. The molecule has 11 heteroatoms. The summed E-state index contributed by atoms with van der Waals surface area (Å²) in [5, 5.41) is 20.2. The molecule has 2 aromatic carbocycles. The standard InChI is InChI=1S/C29H22FN5O3S2/c1-16-7-6-14-34-17(2)22(31-26(16)34)24(36)21-23(19-10-12-20(30)13-11-19)35(27(38)25(21)37)28-32-33-29(40-28)39-15-18-8-4-3-5-9-18/h3-14,23,36H,15H2,1-2H3. The lowest BCUT2D eigenvalue weighted by Crippen LogP contribution is -2.29. The summed E-state index contributed by atoms with van der Waals surface area (Å²) in [7, 11) is 0. The average molecular weight is 572 g/mol. The lowest BCUT2D eigenvalue weighted by atomic mass is 9.96. The largest absolute Gasteiger partial charge is 0.505 e. The average Bonchev–Trinajstić information content (AvgIpc) is 3.64. The van der Waals surface area contributed by atoms with Crippen LogP contribution in [-0.2, 0) is 15.3 Å². The number of imidazole rings is 1. The van der Waals surface area contributed by atoms with Gasteiger partial charge in [0.15, 0.2) is 10.1 Å². The van der Waals surface area contributed by atoms with Gasteiger partial charge in [-0.15, -0.1) is 10.2 Å². The fraction of sp³-hybridized carbons (Fsp3) is 0.138. The normalized spacial score (nSPS) is 16.8. The topological polar surface area (TPSA) is 101 Å². The van der Waals surface area contributed by atoms with Crippen LogP contribution in [0, 0.1) is 19.7 Å². The summed E-state index contributed by atoms with van der Waals surface area (Å²) in [6, 6.07) is 18.0. The number of benzene rings is 2. The van der Waals surface area contributed by atoms with Crippen LogP contribution in [0.5, 0.6) is 0 Å². The van der Waals surface area contributed by atoms with Crippen LogP contribution in [0.4, 0.5) is 9.52 Å². The van der Waals surface area contributed by atoms with E-state index in [0.717, 1.165) is 11.1 Å². The molecule has 1 fully saturated rings. The molecule has 200 valence electrons. The van der Waals surface area contributed by atoms with E-state index in [-0.39, 0.29) is 16.4 Å². The van der Waals surface area contributed by atoms with E-state index in [1.807, 2.05) is 60.0 Å². The van der Waals surface area contributed by atoms with Crippen LogP contribution >= 0.6 is 23.1 Å². The number of carbonyl (C=O) groups is 2. The third-order valence-corrected chi connectivity index (χ3v) is 8.87. The van der Waals surface area contributed by atoms with E-state index in [0.29, 0.717) is 27.0 Å². The number of pyridine rings is 1. The van der Waals surface area contributed by atoms with E-state index in [4.69, 9.17) is 0 Å². The number of nitrogens with zero attached hydrogens (tertiary/aromatic N) is 5. The number of anilines is 1. The molecule has 40 heavy (non-hydrogen) atoms. The molecule has 0 aliphatic carbocycles. The molecule has 1 N–H and O–H groups in total. The van der Waals surface area contributed by atoms with Gasteiger partial charge < -0.3 is 9.51 Å². The SMILES string of the molecule is Cc1cccn2c(C)c(C(O)=C3C(=O)C(=O)N(c4nnc(SCc5ccccc5)s4)C3c3ccc(F)cc3)nc12. The summed E-state index contributed by atoms with van der Waals surface area (Å²) in [4.78, 5) is 32.8. The van der Waals surface area contributed by atoms with Crippen LogP contribution in [0.25, 0.3) is 11.4 Å². The van der Waals surface area contributed by atoms with Gasteiger partial charge in [-0.1, -0.05) is 71.6 Å². The van der Waals surface area contributed by atoms with Crippen molar-refractivity contribution in [1.29, 1.82) is 0 Å². The first-order chi connectivity index (χ1) is 19.3. The predicted molar refractivity (Wildman–Crippen MR) is 152 cm³/mol. The van der Waals surface area contributed by atoms with Gasteiger partial charge >= 0.3 is 5.91 Å². The summed E-state index contributed by atoms with van der Waals surface area (Å²) in [5.41, 5.74) is 3.71. The van der Waals surface area contributed by atoms with Gasteiger partial charge in [0, 0.05) is 11.9 Å². The van der Waals surface area contributed by atoms with Crippen molar-refractivity contribution in [3.8, 4) is 0 Å². The van der Waals surface area contributed by atoms with Crippen LogP contribution in [0.1, 0.15) is 34.1 Å². The maximum Gasteiger partial charge on any atom is 0.301 e. The molecule has 0 radical (unpaired) electrons. The first kappa shape index (κ1) is 25.9. The fourth-order valence-corrected chi connectivity index (χ4v) is 6.57. The Morgan fingerprint density at radius 3 is 2.50 bits per heavy atom. The number of ketones is 1. The Kier molecular flexibility index (Phi) is 6.68. The molecule has 3 aromatic heterocycles. The highest BCUT2D eigenvalue weighted by atomic mass is 32.2. The molecule has 1 saturated heterocycles. The van der Waals surface area contributed by atoms with E-state index in [1.165, 1.54) is 52.3 Å². The quantitative estimate of drug-likeness (QED) is 0.0896. The van der Waals surface area contributed by atoms with Crippen molar-refractivity contribution in [2.75, 3.05) is 4.90 Å². The minimum atomic E-state index is -1.05. The molecular formula is C29H22FN5O3S2. The van der Waals surface area contributed by atoms with Gasteiger partial charge in [0.25, 0.3) is 5.78 Å². The molecule has 0 spiro atoms. The zero-order valence-electron chi connectivity index (χ0n) is 21.4. The minimum Gasteiger partial charge on any atom is -0.505 e. The van der Waals surface area contributed by atoms with Crippen LogP contribution in [0.15, 0.2) is 82.8 Å². The summed E-state index contributed by atoms with van der Waals surface area (Å²) in [6.45, 7) is 3.67. The second kappa shape index (κ2) is 10.3. The zero-order valence-corrected chi connectivity index (χ0v) is 23.0. The van der Waals surface area contributed by atoms with Crippen LogP contribution in [-0.4, -0.2) is 36.4 Å². The van der Waals surface area contributed by atoms with Crippen LogP contribution < -0.4 is 4.90 Å². The van der Waals surface area contributed by atoms with E-state index in [9.17, 15) is 19.1 Å². The van der Waals surface area contributed by atoms with Gasteiger partial charge in [-0.2, -0.15) is 0 Å². The lowest BCUT2D eigenvalue weighted by Gasteiger charge is -2.22. The maximum atomic E-state index is 13.9. The molecule has 6 rings (SSSR count). The second-order valence-corrected chi connectivity index (χ2v) is 11.5. The Balaban J connectivity index is 1.45. The number of hydrogen-bond donors (Lipinski definition) is 1. The van der Waals surface area contributed by atoms with E-state index in [2.05, 4.69) is 15.2 Å². The number of amides is 1. The second-order valence-electron chi connectivity index (χ2n) is 9.28. The van der Waals surface area contributed by atoms with Crippen molar-refractivity contribution in [3.05, 3.63) is 112 Å². The molecular weight excluding hydrogens is 549 g/mol. The Hall–Kier alpha value is -4.35. The highest BCUT2D eigenvalue weighted by molar-refractivity contribution is 8.00. The number of aliphatic hydroxyl groups excluding tert-OH is 1. The number of Topliss-reactive ketones (excluding diaryl/α,β-unsaturated/α-hetero) is 1. The third-order valence-electron chi connectivity index (χ3n) is 6.75. The van der Waals surface area contributed by atoms with Gasteiger partial charge in [-0.25, -0.2) is 9.37 Å². The molecule has 1 aliphatic rings. The minimum absolute atomic E-state index is 0.144. The predicted octanol–water partition coefficient (Wildman–Crippen LogP) is 5.86. The fourth-order valence-electron chi connectivity index (χ4n) is 4.74. The number of rotatable bonds is 6. The number of aliphatic hydroxyl groups is 1. The Morgan fingerprint density at radius 1 is 1.02 bits per heavy atom. The molecule has 1 amide bonds. The van der Waals surface area contributed by atoms with Crippen molar-refractivity contribution in [3.63, 3.8) is 0 Å². The van der Waals surface area contributed by atoms with Crippen molar-refractivity contribution >= 4 is 51.3 Å². The number of aromatic nitrogens is 4. The van der Waals surface area contributed by atoms with Crippen molar-refractivity contribution in [1.82, 2.24) is 19.6 Å². The number of thioether (sulfide) groups is 1. The molecule has 1 atom stereocenters. The van der Waals surface area contributed by atoms with Gasteiger partial charge in [0.05, 0.1) is 17.3 Å². The van der Waals surface area contributed by atoms with Gasteiger partial charge in [-0.05, 0) is 48.7 Å². The van der Waals surface area contributed by atoms with E-state index in [1.54, 1.807) is 6.92 Å². The number of fused-ring (bicyclic) bond motifs is 1. The molecule has 5 aromatic rings. The summed E-state index contributed by atoms with van der Waals surface area (Å²) in [6.07, 6.45) is 1.81. The Morgan fingerprint density at radius 2 is 1.77 bits per heavy atom. The molecule has 0 bridgehead atoms. The summed E-state index contributed by atoms with van der Waals surface area (Å²) >= 11 is 2.63. The maximum absolute atomic E-state index is 13.9. The number of halogens is 1. The van der Waals surface area contributed by atoms with Crippen LogP contribution in [0.2, 0.25) is 0 Å². The highest BCUT2D eigenvalue weighted by Gasteiger charge is 2.48. The Labute approximate surface area is 236 Å². The van der Waals surface area contributed by atoms with Crippen molar-refractivity contribution < 1.29 is 19.1 Å². The summed E-state index contributed by atoms with van der Waals surface area (Å²) < 4.78 is 16.3. The van der Waals surface area contributed by atoms with Crippen molar-refractivity contribution in [2.24, 2.45) is 0 Å². The first-order valence-electron chi connectivity index (χ1n) is 12.3. The Bertz CT molecular complexity index is 1800. The van der Waals surface area contributed by atoms with E-state index >= 15 is 0 Å².